The van der Waals surface area contributed by atoms with E-state index in [2.05, 4.69) is 21.2 Å². The Balaban J connectivity index is 1.79. The zero-order chi connectivity index (χ0) is 19.6. The molecule has 8 heteroatoms. The quantitative estimate of drug-likeness (QED) is 0.409. The van der Waals surface area contributed by atoms with E-state index in [4.69, 9.17) is 10.5 Å². The molecule has 138 valence electrons. The summed E-state index contributed by atoms with van der Waals surface area (Å²) in [7, 11) is -4.13. The number of halogens is 2. The molecule has 5 nitrogen and oxygen atoms in total. The minimum absolute atomic E-state index is 0.0523. The van der Waals surface area contributed by atoms with Gasteiger partial charge in [0, 0.05) is 15.7 Å². The molecule has 0 aromatic heterocycles. The maximum atomic E-state index is 13.9. The van der Waals surface area contributed by atoms with Crippen LogP contribution in [0.15, 0.2) is 76.1 Å². The third kappa shape index (κ3) is 4.41. The average Bonchev–Trinajstić information content (AvgIpc) is 2.61. The van der Waals surface area contributed by atoms with Gasteiger partial charge in [-0.25, -0.2) is 17.9 Å². The molecule has 0 saturated carbocycles. The summed E-state index contributed by atoms with van der Waals surface area (Å²) in [5.74, 6) is -0.920. The summed E-state index contributed by atoms with van der Waals surface area (Å²) in [6.45, 7) is 0. The van der Waals surface area contributed by atoms with Crippen molar-refractivity contribution in [3.05, 3.63) is 82.6 Å². The first-order valence-corrected chi connectivity index (χ1v) is 10.1. The zero-order valence-electron chi connectivity index (χ0n) is 13.9. The van der Waals surface area contributed by atoms with Crippen LogP contribution in [0.3, 0.4) is 0 Å². The molecule has 0 amide bonds. The Hall–Kier alpha value is -2.55. The Kier molecular flexibility index (Phi) is 5.41. The molecule has 0 fully saturated rings. The van der Waals surface area contributed by atoms with Crippen LogP contribution in [0, 0.1) is 11.2 Å². The van der Waals surface area contributed by atoms with Gasteiger partial charge in [-0.05, 0) is 35.4 Å². The minimum atomic E-state index is -4.13. The maximum absolute atomic E-state index is 13.9. The average molecular weight is 448 g/mol. The fourth-order valence-corrected chi connectivity index (χ4v) is 3.64. The lowest BCUT2D eigenvalue weighted by atomic mass is 10.0. The highest BCUT2D eigenvalue weighted by atomic mass is 79.9. The molecule has 3 aromatic rings. The molecule has 3 rings (SSSR count). The predicted octanol–water partition coefficient (Wildman–Crippen LogP) is 4.34. The normalized spacial score (nSPS) is 11.2. The lowest BCUT2D eigenvalue weighted by Crippen LogP contribution is -2.15. The van der Waals surface area contributed by atoms with Crippen LogP contribution >= 0.6 is 15.9 Å². The van der Waals surface area contributed by atoms with Gasteiger partial charge >= 0.3 is 0 Å². The van der Waals surface area contributed by atoms with Crippen molar-refractivity contribution in [3.63, 3.8) is 0 Å². The lowest BCUT2D eigenvalue weighted by Gasteiger charge is -2.11. The largest absolute Gasteiger partial charge is 0.340 e. The molecule has 0 spiro atoms. The molecule has 0 aliphatic carbocycles. The summed E-state index contributed by atoms with van der Waals surface area (Å²) in [6.07, 6.45) is 0. The third-order valence-corrected chi connectivity index (χ3v) is 5.50. The second-order valence-electron chi connectivity index (χ2n) is 5.75. The molecular formula is C19H15BrFN3O2S. The second-order valence-corrected chi connectivity index (χ2v) is 8.13. The van der Waals surface area contributed by atoms with Crippen molar-refractivity contribution in [1.82, 2.24) is 0 Å². The highest BCUT2D eigenvalue weighted by Gasteiger charge is 2.15. The Bertz CT molecular complexity index is 1120. The van der Waals surface area contributed by atoms with Crippen LogP contribution in [0.25, 0.3) is 11.1 Å². The SMILES string of the molecule is N=C(Nc1ccc(S(N)(=O)=O)c(F)c1)c1ccc(-c2ccccc2Br)cc1. The molecule has 27 heavy (non-hydrogen) atoms. The molecule has 0 radical (unpaired) electrons. The summed E-state index contributed by atoms with van der Waals surface area (Å²) < 4.78 is 37.4. The van der Waals surface area contributed by atoms with Gasteiger partial charge in [-0.2, -0.15) is 0 Å². The highest BCUT2D eigenvalue weighted by Crippen LogP contribution is 2.28. The number of rotatable bonds is 4. The number of amidine groups is 1. The Morgan fingerprint density at radius 2 is 1.70 bits per heavy atom. The van der Waals surface area contributed by atoms with Gasteiger partial charge < -0.3 is 5.32 Å². The van der Waals surface area contributed by atoms with Gasteiger partial charge in [0.05, 0.1) is 0 Å². The van der Waals surface area contributed by atoms with Crippen LogP contribution in [0.4, 0.5) is 10.1 Å². The van der Waals surface area contributed by atoms with Gasteiger partial charge in [-0.15, -0.1) is 0 Å². The van der Waals surface area contributed by atoms with Crippen molar-refractivity contribution in [2.45, 2.75) is 4.90 Å². The van der Waals surface area contributed by atoms with Gasteiger partial charge in [-0.1, -0.05) is 58.4 Å². The summed E-state index contributed by atoms with van der Waals surface area (Å²) in [5, 5.41) is 15.8. The molecule has 0 bridgehead atoms. The molecule has 3 aromatic carbocycles. The van der Waals surface area contributed by atoms with Crippen LogP contribution in [0.5, 0.6) is 0 Å². The summed E-state index contributed by atoms with van der Waals surface area (Å²) in [5.41, 5.74) is 2.87. The van der Waals surface area contributed by atoms with Crippen LogP contribution in [0.1, 0.15) is 5.56 Å². The number of benzene rings is 3. The van der Waals surface area contributed by atoms with E-state index in [-0.39, 0.29) is 11.5 Å². The highest BCUT2D eigenvalue weighted by molar-refractivity contribution is 9.10. The number of sulfonamides is 1. The van der Waals surface area contributed by atoms with Crippen molar-refractivity contribution < 1.29 is 12.8 Å². The lowest BCUT2D eigenvalue weighted by molar-refractivity contribution is 0.568. The Labute approximate surface area is 164 Å². The molecule has 4 N–H and O–H groups in total. The van der Waals surface area contributed by atoms with Crippen LogP contribution in [-0.4, -0.2) is 14.3 Å². The molecule has 0 atom stereocenters. The van der Waals surface area contributed by atoms with E-state index in [1.807, 2.05) is 36.4 Å². The predicted molar refractivity (Wildman–Crippen MR) is 108 cm³/mol. The molecular weight excluding hydrogens is 433 g/mol. The molecule has 0 saturated heterocycles. The van der Waals surface area contributed by atoms with Crippen molar-refractivity contribution >= 4 is 37.5 Å². The number of primary sulfonamides is 1. The van der Waals surface area contributed by atoms with Crippen molar-refractivity contribution in [3.8, 4) is 11.1 Å². The number of hydrogen-bond donors (Lipinski definition) is 3. The monoisotopic (exact) mass is 447 g/mol. The van der Waals surface area contributed by atoms with E-state index in [0.29, 0.717) is 5.56 Å². The molecule has 0 aliphatic rings. The standard InChI is InChI=1S/C19H15BrFN3O2S/c20-16-4-2-1-3-15(16)12-5-7-13(8-6-12)19(22)24-14-9-10-18(17(21)11-14)27(23,25)26/h1-11H,(H2,22,24)(H2,23,25,26). The first-order chi connectivity index (χ1) is 12.8. The Morgan fingerprint density at radius 1 is 1.04 bits per heavy atom. The van der Waals surface area contributed by atoms with Crippen molar-refractivity contribution in [2.75, 3.05) is 5.32 Å². The molecule has 0 aliphatic heterocycles. The van der Waals surface area contributed by atoms with Crippen LogP contribution in [-0.2, 0) is 10.0 Å². The smallest absolute Gasteiger partial charge is 0.240 e. The Morgan fingerprint density at radius 3 is 2.30 bits per heavy atom. The van der Waals surface area contributed by atoms with Crippen molar-refractivity contribution in [2.24, 2.45) is 5.14 Å². The van der Waals surface area contributed by atoms with E-state index in [1.54, 1.807) is 12.1 Å². The van der Waals surface area contributed by atoms with Crippen LogP contribution in [0.2, 0.25) is 0 Å². The van der Waals surface area contributed by atoms with E-state index in [9.17, 15) is 12.8 Å². The fourth-order valence-electron chi connectivity index (χ4n) is 2.54. The van der Waals surface area contributed by atoms with E-state index in [1.165, 1.54) is 6.07 Å². The second kappa shape index (κ2) is 7.59. The summed E-state index contributed by atoms with van der Waals surface area (Å²) in [6, 6.07) is 18.5. The van der Waals surface area contributed by atoms with Gasteiger partial charge in [0.15, 0.2) is 0 Å². The maximum Gasteiger partial charge on any atom is 0.240 e. The van der Waals surface area contributed by atoms with Gasteiger partial charge in [0.2, 0.25) is 10.0 Å². The summed E-state index contributed by atoms with van der Waals surface area (Å²) in [4.78, 5) is -0.586. The first kappa shape index (κ1) is 19.2. The molecule has 0 heterocycles. The number of anilines is 1. The fraction of sp³-hybridized carbons (Fsp3) is 0. The van der Waals surface area contributed by atoms with Crippen molar-refractivity contribution in [1.29, 1.82) is 5.41 Å². The van der Waals surface area contributed by atoms with E-state index < -0.39 is 20.7 Å². The molecule has 0 unspecified atom stereocenters. The number of hydrogen-bond acceptors (Lipinski definition) is 3. The van der Waals surface area contributed by atoms with E-state index >= 15 is 0 Å². The van der Waals surface area contributed by atoms with Crippen LogP contribution < -0.4 is 10.5 Å². The summed E-state index contributed by atoms with van der Waals surface area (Å²) >= 11 is 3.51. The van der Waals surface area contributed by atoms with Gasteiger partial charge in [-0.3, -0.25) is 5.41 Å². The van der Waals surface area contributed by atoms with Gasteiger partial charge in [0.25, 0.3) is 0 Å². The third-order valence-electron chi connectivity index (χ3n) is 3.87. The number of nitrogens with two attached hydrogens (primary N) is 1. The zero-order valence-corrected chi connectivity index (χ0v) is 16.3. The minimum Gasteiger partial charge on any atom is -0.340 e. The topological polar surface area (TPSA) is 96.0 Å². The number of nitrogens with one attached hydrogen (secondary N) is 2. The van der Waals surface area contributed by atoms with Gasteiger partial charge in [0.1, 0.15) is 16.5 Å². The first-order valence-electron chi connectivity index (χ1n) is 7.79. The van der Waals surface area contributed by atoms with E-state index in [0.717, 1.165) is 27.7 Å².